The van der Waals surface area contributed by atoms with Gasteiger partial charge in [-0.15, -0.1) is 0 Å². The van der Waals surface area contributed by atoms with E-state index in [9.17, 15) is 0 Å². The highest BCUT2D eigenvalue weighted by atomic mass is 79.9. The van der Waals surface area contributed by atoms with Gasteiger partial charge in [-0.2, -0.15) is 0 Å². The van der Waals surface area contributed by atoms with Crippen molar-refractivity contribution >= 4 is 21.6 Å². The first-order valence-corrected chi connectivity index (χ1v) is 7.90. The van der Waals surface area contributed by atoms with Crippen LogP contribution in [0.25, 0.3) is 0 Å². The van der Waals surface area contributed by atoms with E-state index in [0.717, 1.165) is 5.33 Å². The molecule has 2 aliphatic rings. The monoisotopic (exact) mass is 293 g/mol. The molecule has 0 saturated carbocycles. The van der Waals surface area contributed by atoms with Crippen LogP contribution >= 0.6 is 15.9 Å². The first-order valence-electron chi connectivity index (χ1n) is 6.78. The number of halogens is 1. The zero-order chi connectivity index (χ0) is 11.7. The predicted octanol–water partition coefficient (Wildman–Crippen LogP) is 4.25. The van der Waals surface area contributed by atoms with Crippen molar-refractivity contribution in [2.75, 3.05) is 17.2 Å². The van der Waals surface area contributed by atoms with Gasteiger partial charge in [-0.1, -0.05) is 34.5 Å². The van der Waals surface area contributed by atoms with Gasteiger partial charge in [0.1, 0.15) is 0 Å². The summed E-state index contributed by atoms with van der Waals surface area (Å²) in [7, 11) is 0. The highest BCUT2D eigenvalue weighted by Crippen LogP contribution is 2.48. The van der Waals surface area contributed by atoms with Crippen LogP contribution in [0.5, 0.6) is 0 Å². The zero-order valence-corrected chi connectivity index (χ0v) is 11.9. The largest absolute Gasteiger partial charge is 0.384 e. The third kappa shape index (κ3) is 1.91. The van der Waals surface area contributed by atoms with Crippen LogP contribution in [-0.2, 0) is 11.8 Å². The van der Waals surface area contributed by atoms with Crippen molar-refractivity contribution in [3.05, 3.63) is 29.3 Å². The lowest BCUT2D eigenvalue weighted by atomic mass is 9.68. The number of hydrogen-bond acceptors (Lipinski definition) is 1. The van der Waals surface area contributed by atoms with Crippen molar-refractivity contribution < 1.29 is 0 Å². The van der Waals surface area contributed by atoms with E-state index < -0.39 is 0 Å². The number of anilines is 1. The molecule has 3 rings (SSSR count). The number of hydrogen-bond donors (Lipinski definition) is 1. The fraction of sp³-hybridized carbons (Fsp3) is 0.600. The summed E-state index contributed by atoms with van der Waals surface area (Å²) in [6.45, 7) is 1.17. The molecule has 1 atom stereocenters. The van der Waals surface area contributed by atoms with Gasteiger partial charge in [0.15, 0.2) is 0 Å². The van der Waals surface area contributed by atoms with Crippen molar-refractivity contribution in [1.29, 1.82) is 0 Å². The Kier molecular flexibility index (Phi) is 3.16. The Balaban J connectivity index is 1.91. The van der Waals surface area contributed by atoms with E-state index >= 15 is 0 Å². The van der Waals surface area contributed by atoms with Crippen LogP contribution in [0.3, 0.4) is 0 Å². The summed E-state index contributed by atoms with van der Waals surface area (Å²) in [5, 5.41) is 4.78. The van der Waals surface area contributed by atoms with Crippen molar-refractivity contribution in [1.82, 2.24) is 0 Å². The average molecular weight is 294 g/mol. The Hall–Kier alpha value is -0.500. The second-order valence-corrected chi connectivity index (χ2v) is 6.27. The summed E-state index contributed by atoms with van der Waals surface area (Å²) in [5.74, 6) is 0. The summed E-state index contributed by atoms with van der Waals surface area (Å²) in [5.41, 5.74) is 5.16. The van der Waals surface area contributed by atoms with Gasteiger partial charge in [0.05, 0.1) is 0 Å². The summed E-state index contributed by atoms with van der Waals surface area (Å²) in [4.78, 5) is 0. The minimum atomic E-state index is 0.465. The van der Waals surface area contributed by atoms with Gasteiger partial charge in [0.2, 0.25) is 0 Å². The smallest absolute Gasteiger partial charge is 0.0382 e. The van der Waals surface area contributed by atoms with Crippen LogP contribution in [0.1, 0.15) is 43.2 Å². The lowest BCUT2D eigenvalue weighted by molar-refractivity contribution is 0.357. The van der Waals surface area contributed by atoms with E-state index in [0.29, 0.717) is 5.41 Å². The standard InChI is InChI=1S/C15H20BrN/c16-10-2-1-8-15-9-4-6-12-5-3-7-13(14(12)15)17-11-15/h3,5,7,17H,1-2,4,6,8-11H2. The van der Waals surface area contributed by atoms with Crippen molar-refractivity contribution in [3.8, 4) is 0 Å². The molecule has 1 aromatic rings. The Morgan fingerprint density at radius 3 is 3.12 bits per heavy atom. The fourth-order valence-electron chi connectivity index (χ4n) is 3.66. The minimum absolute atomic E-state index is 0.465. The number of benzene rings is 1. The molecule has 2 heteroatoms. The summed E-state index contributed by atoms with van der Waals surface area (Å²) in [6.07, 6.45) is 8.04. The normalized spacial score (nSPS) is 25.5. The van der Waals surface area contributed by atoms with Gasteiger partial charge >= 0.3 is 0 Å². The zero-order valence-electron chi connectivity index (χ0n) is 10.3. The van der Waals surface area contributed by atoms with Crippen molar-refractivity contribution in [2.45, 2.75) is 43.9 Å². The van der Waals surface area contributed by atoms with Crippen LogP contribution in [0.15, 0.2) is 18.2 Å². The fourth-order valence-corrected chi connectivity index (χ4v) is 4.06. The van der Waals surface area contributed by atoms with Crippen LogP contribution < -0.4 is 5.32 Å². The third-order valence-electron chi connectivity index (χ3n) is 4.44. The SMILES string of the molecule is BrCCCCC12CCCc3cccc(c31)NC2. The Labute approximate surface area is 112 Å². The molecule has 0 aromatic heterocycles. The number of unbranched alkanes of at least 4 members (excludes halogenated alkanes) is 1. The van der Waals surface area contributed by atoms with E-state index in [2.05, 4.69) is 39.4 Å². The Morgan fingerprint density at radius 1 is 1.29 bits per heavy atom. The van der Waals surface area contributed by atoms with Crippen LogP contribution in [0.2, 0.25) is 0 Å². The van der Waals surface area contributed by atoms with Crippen LogP contribution in [0, 0.1) is 0 Å². The summed E-state index contributed by atoms with van der Waals surface area (Å²) in [6, 6.07) is 6.81. The topological polar surface area (TPSA) is 12.0 Å². The van der Waals surface area contributed by atoms with E-state index in [-0.39, 0.29) is 0 Å². The second-order valence-electron chi connectivity index (χ2n) is 5.47. The van der Waals surface area contributed by atoms with E-state index in [4.69, 9.17) is 0 Å². The van der Waals surface area contributed by atoms with Gasteiger partial charge in [-0.3, -0.25) is 0 Å². The van der Waals surface area contributed by atoms with Gasteiger partial charge in [0, 0.05) is 23.0 Å². The molecule has 92 valence electrons. The van der Waals surface area contributed by atoms with Gasteiger partial charge in [0.25, 0.3) is 0 Å². The average Bonchev–Trinajstić information content (AvgIpc) is 2.72. The second kappa shape index (κ2) is 4.64. The predicted molar refractivity (Wildman–Crippen MR) is 77.2 cm³/mol. The molecule has 0 radical (unpaired) electrons. The highest BCUT2D eigenvalue weighted by molar-refractivity contribution is 9.09. The molecular formula is C15H20BrN. The third-order valence-corrected chi connectivity index (χ3v) is 5.00. The molecule has 1 N–H and O–H groups in total. The summed E-state index contributed by atoms with van der Waals surface area (Å²) >= 11 is 3.54. The number of nitrogens with one attached hydrogen (secondary N) is 1. The molecule has 1 aliphatic heterocycles. The molecular weight excluding hydrogens is 274 g/mol. The van der Waals surface area contributed by atoms with E-state index in [1.165, 1.54) is 50.8 Å². The molecule has 1 unspecified atom stereocenters. The van der Waals surface area contributed by atoms with Gasteiger partial charge in [-0.05, 0) is 49.3 Å². The molecule has 17 heavy (non-hydrogen) atoms. The Morgan fingerprint density at radius 2 is 2.24 bits per heavy atom. The molecule has 0 spiro atoms. The van der Waals surface area contributed by atoms with Crippen molar-refractivity contribution in [3.63, 3.8) is 0 Å². The van der Waals surface area contributed by atoms with E-state index in [1.54, 1.807) is 11.1 Å². The maximum Gasteiger partial charge on any atom is 0.0382 e. The summed E-state index contributed by atoms with van der Waals surface area (Å²) < 4.78 is 0. The lowest BCUT2D eigenvalue weighted by Crippen LogP contribution is -2.32. The van der Waals surface area contributed by atoms with Crippen LogP contribution in [-0.4, -0.2) is 11.9 Å². The number of rotatable bonds is 4. The molecule has 1 nitrogen and oxygen atoms in total. The van der Waals surface area contributed by atoms with Crippen LogP contribution in [0.4, 0.5) is 5.69 Å². The molecule has 1 aliphatic carbocycles. The van der Waals surface area contributed by atoms with Gasteiger partial charge in [-0.25, -0.2) is 0 Å². The molecule has 0 amide bonds. The molecule has 1 heterocycles. The highest BCUT2D eigenvalue weighted by Gasteiger charge is 2.41. The quantitative estimate of drug-likeness (QED) is 0.646. The molecule has 0 bridgehead atoms. The van der Waals surface area contributed by atoms with Crippen molar-refractivity contribution in [2.24, 2.45) is 0 Å². The Bertz CT molecular complexity index is 415. The first kappa shape index (κ1) is 11.6. The lowest BCUT2D eigenvalue weighted by Gasteiger charge is -2.35. The molecule has 0 saturated heterocycles. The molecule has 0 fully saturated rings. The number of alkyl halides is 1. The molecule has 1 aromatic carbocycles. The van der Waals surface area contributed by atoms with Gasteiger partial charge < -0.3 is 5.32 Å². The number of aryl methyl sites for hydroxylation is 1. The van der Waals surface area contributed by atoms with E-state index in [1.807, 2.05) is 0 Å². The first-order chi connectivity index (χ1) is 8.36. The minimum Gasteiger partial charge on any atom is -0.384 e. The maximum absolute atomic E-state index is 3.64. The maximum atomic E-state index is 3.64.